The van der Waals surface area contributed by atoms with Gasteiger partial charge in [0.2, 0.25) is 5.96 Å². The second-order valence-corrected chi connectivity index (χ2v) is 9.09. The van der Waals surface area contributed by atoms with Crippen LogP contribution in [0.5, 0.6) is 0 Å². The monoisotopic (exact) mass is 378 g/mol. The third-order valence-electron chi connectivity index (χ3n) is 6.74. The number of carbonyl (C=O) groups excluding carboxylic acids is 1. The summed E-state index contributed by atoms with van der Waals surface area (Å²) in [5.74, 6) is 1.41. The predicted molar refractivity (Wildman–Crippen MR) is 103 cm³/mol. The SMILES string of the molecule is O=C1NC(=NC23CC4CC(CC(O)(C4)C2)C3)N/C1=C\c1ccc2ncoc2c1. The molecular formula is C21H22N4O3. The Balaban J connectivity index is 1.28. The number of rotatable bonds is 2. The molecule has 28 heavy (non-hydrogen) atoms. The summed E-state index contributed by atoms with van der Waals surface area (Å²) in [5.41, 5.74) is 1.97. The Hall–Kier alpha value is -2.67. The normalized spacial score (nSPS) is 39.1. The van der Waals surface area contributed by atoms with Crippen molar-refractivity contribution in [2.24, 2.45) is 16.8 Å². The average Bonchev–Trinajstić information content (AvgIpc) is 3.18. The van der Waals surface area contributed by atoms with E-state index in [2.05, 4.69) is 15.6 Å². The summed E-state index contributed by atoms with van der Waals surface area (Å²) in [6, 6.07) is 5.62. The van der Waals surface area contributed by atoms with Gasteiger partial charge in [0, 0.05) is 6.42 Å². The number of nitrogens with one attached hydrogen (secondary N) is 2. The number of aliphatic imine (C=N–C) groups is 1. The number of carbonyl (C=O) groups is 1. The number of hydrogen-bond acceptors (Lipinski definition) is 5. The molecule has 1 saturated heterocycles. The Morgan fingerprint density at radius 3 is 2.82 bits per heavy atom. The zero-order valence-corrected chi connectivity index (χ0v) is 15.4. The number of aromatic nitrogens is 1. The standard InChI is InChI=1S/C21H22N4O3/c26-18-16(4-12-1-2-15-17(5-12)28-11-22-15)23-19(24-18)25-20-6-13-3-14(7-20)9-21(27,8-13)10-20/h1-2,4-5,11,13-14,27H,3,6-10H2,(H2,23,24,25,26)/b16-4-. The first-order chi connectivity index (χ1) is 13.5. The Morgan fingerprint density at radius 2 is 2.04 bits per heavy atom. The average molecular weight is 378 g/mol. The van der Waals surface area contributed by atoms with Crippen molar-refractivity contribution in [2.45, 2.75) is 49.7 Å². The summed E-state index contributed by atoms with van der Waals surface area (Å²) in [7, 11) is 0. The van der Waals surface area contributed by atoms with Gasteiger partial charge in [-0.05, 0) is 67.7 Å². The van der Waals surface area contributed by atoms with Gasteiger partial charge in [0.05, 0.1) is 11.1 Å². The molecule has 5 fully saturated rings. The van der Waals surface area contributed by atoms with Crippen LogP contribution >= 0.6 is 0 Å². The molecule has 0 radical (unpaired) electrons. The van der Waals surface area contributed by atoms with Crippen LogP contribution in [0.15, 0.2) is 39.7 Å². The molecule has 1 amide bonds. The van der Waals surface area contributed by atoms with Crippen LogP contribution in [0.1, 0.15) is 44.1 Å². The van der Waals surface area contributed by atoms with Crippen molar-refractivity contribution in [2.75, 3.05) is 0 Å². The molecule has 3 N–H and O–H groups in total. The summed E-state index contributed by atoms with van der Waals surface area (Å²) >= 11 is 0. The Morgan fingerprint density at radius 1 is 1.21 bits per heavy atom. The molecule has 4 aliphatic carbocycles. The van der Waals surface area contributed by atoms with E-state index < -0.39 is 5.60 Å². The molecule has 1 aliphatic heterocycles. The van der Waals surface area contributed by atoms with Crippen LogP contribution in [-0.4, -0.2) is 33.1 Å². The Kier molecular flexibility index (Phi) is 3.17. The predicted octanol–water partition coefficient (Wildman–Crippen LogP) is 2.33. The van der Waals surface area contributed by atoms with Crippen molar-refractivity contribution in [3.63, 3.8) is 0 Å². The topological polar surface area (TPSA) is 99.8 Å². The smallest absolute Gasteiger partial charge is 0.274 e. The third kappa shape index (κ3) is 2.57. The highest BCUT2D eigenvalue weighted by Crippen LogP contribution is 2.58. The number of guanidine groups is 1. The maximum atomic E-state index is 12.4. The van der Waals surface area contributed by atoms with E-state index in [1.807, 2.05) is 18.2 Å². The molecule has 7 rings (SSSR count). The summed E-state index contributed by atoms with van der Waals surface area (Å²) in [5, 5.41) is 16.9. The van der Waals surface area contributed by atoms with Gasteiger partial charge in [0.15, 0.2) is 12.0 Å². The minimum absolute atomic E-state index is 0.195. The number of oxazole rings is 1. The van der Waals surface area contributed by atoms with E-state index in [0.717, 1.165) is 36.8 Å². The molecule has 4 bridgehead atoms. The van der Waals surface area contributed by atoms with Gasteiger partial charge in [-0.3, -0.25) is 10.1 Å². The van der Waals surface area contributed by atoms with Gasteiger partial charge in [-0.15, -0.1) is 0 Å². The largest absolute Gasteiger partial charge is 0.443 e. The van der Waals surface area contributed by atoms with Gasteiger partial charge in [-0.2, -0.15) is 0 Å². The van der Waals surface area contributed by atoms with Crippen molar-refractivity contribution >= 4 is 29.0 Å². The minimum atomic E-state index is -0.568. The number of nitrogens with zero attached hydrogens (tertiary/aromatic N) is 2. The molecule has 2 unspecified atom stereocenters. The van der Waals surface area contributed by atoms with Crippen LogP contribution in [0.4, 0.5) is 0 Å². The molecule has 0 spiro atoms. The maximum Gasteiger partial charge on any atom is 0.274 e. The third-order valence-corrected chi connectivity index (χ3v) is 6.74. The fraction of sp³-hybridized carbons (Fsp3) is 0.476. The first kappa shape index (κ1) is 16.3. The highest BCUT2D eigenvalue weighted by molar-refractivity contribution is 6.15. The van der Waals surface area contributed by atoms with Crippen molar-refractivity contribution in [3.05, 3.63) is 35.9 Å². The number of aliphatic hydroxyl groups is 1. The van der Waals surface area contributed by atoms with Gasteiger partial charge in [0.25, 0.3) is 5.91 Å². The summed E-state index contributed by atoms with van der Waals surface area (Å²) in [6.07, 6.45) is 8.94. The second-order valence-electron chi connectivity index (χ2n) is 9.09. The van der Waals surface area contributed by atoms with Gasteiger partial charge in [0.1, 0.15) is 11.2 Å². The molecule has 144 valence electrons. The number of fused-ring (bicyclic) bond motifs is 1. The number of amides is 1. The molecule has 4 saturated carbocycles. The molecule has 1 aromatic heterocycles. The lowest BCUT2D eigenvalue weighted by molar-refractivity contribution is -0.132. The summed E-state index contributed by atoms with van der Waals surface area (Å²) in [4.78, 5) is 21.5. The van der Waals surface area contributed by atoms with Crippen molar-refractivity contribution < 1.29 is 14.3 Å². The van der Waals surface area contributed by atoms with E-state index in [0.29, 0.717) is 35.5 Å². The lowest BCUT2D eigenvalue weighted by Gasteiger charge is -2.58. The van der Waals surface area contributed by atoms with Crippen LogP contribution in [0.25, 0.3) is 17.2 Å². The van der Waals surface area contributed by atoms with E-state index in [1.54, 1.807) is 6.08 Å². The lowest BCUT2D eigenvalue weighted by Crippen LogP contribution is -2.58. The zero-order chi connectivity index (χ0) is 18.9. The van der Waals surface area contributed by atoms with E-state index in [4.69, 9.17) is 9.41 Å². The first-order valence-corrected chi connectivity index (χ1v) is 9.93. The van der Waals surface area contributed by atoms with Crippen molar-refractivity contribution in [1.82, 2.24) is 15.6 Å². The van der Waals surface area contributed by atoms with Crippen molar-refractivity contribution in [1.29, 1.82) is 0 Å². The van der Waals surface area contributed by atoms with Crippen molar-refractivity contribution in [3.8, 4) is 0 Å². The summed E-state index contributed by atoms with van der Waals surface area (Å²) in [6.45, 7) is 0. The van der Waals surface area contributed by atoms with Crippen LogP contribution in [0.2, 0.25) is 0 Å². The second kappa shape index (κ2) is 5.44. The van der Waals surface area contributed by atoms with Crippen LogP contribution in [-0.2, 0) is 4.79 Å². The number of benzene rings is 1. The fourth-order valence-electron chi connectivity index (χ4n) is 6.21. The van der Waals surface area contributed by atoms with Crippen LogP contribution in [0, 0.1) is 11.8 Å². The first-order valence-electron chi connectivity index (χ1n) is 9.93. The Labute approximate surface area is 161 Å². The highest BCUT2D eigenvalue weighted by Gasteiger charge is 2.57. The minimum Gasteiger partial charge on any atom is -0.443 e. The molecule has 2 heterocycles. The Bertz CT molecular complexity index is 1040. The van der Waals surface area contributed by atoms with E-state index in [-0.39, 0.29) is 11.4 Å². The molecule has 2 aromatic rings. The molecule has 1 aromatic carbocycles. The van der Waals surface area contributed by atoms with E-state index >= 15 is 0 Å². The quantitative estimate of drug-likeness (QED) is 0.697. The molecule has 7 nitrogen and oxygen atoms in total. The molecule has 2 atom stereocenters. The fourth-order valence-corrected chi connectivity index (χ4v) is 6.21. The van der Waals surface area contributed by atoms with Gasteiger partial charge >= 0.3 is 0 Å². The molecule has 5 aliphatic rings. The number of hydrogen-bond donors (Lipinski definition) is 3. The maximum absolute atomic E-state index is 12.4. The zero-order valence-electron chi connectivity index (χ0n) is 15.4. The molecule has 7 heteroatoms. The van der Waals surface area contributed by atoms with Crippen LogP contribution < -0.4 is 10.6 Å². The lowest BCUT2D eigenvalue weighted by atomic mass is 9.51. The van der Waals surface area contributed by atoms with E-state index in [1.165, 1.54) is 12.8 Å². The van der Waals surface area contributed by atoms with Gasteiger partial charge < -0.3 is 14.8 Å². The van der Waals surface area contributed by atoms with Crippen LogP contribution in [0.3, 0.4) is 0 Å². The summed E-state index contributed by atoms with van der Waals surface area (Å²) < 4.78 is 5.33. The van der Waals surface area contributed by atoms with Gasteiger partial charge in [-0.1, -0.05) is 6.07 Å². The van der Waals surface area contributed by atoms with Gasteiger partial charge in [-0.25, -0.2) is 9.98 Å². The molecular weight excluding hydrogens is 356 g/mol. The van der Waals surface area contributed by atoms with E-state index in [9.17, 15) is 9.90 Å². The highest BCUT2D eigenvalue weighted by atomic mass is 16.3.